The van der Waals surface area contributed by atoms with E-state index in [1.807, 2.05) is 67.6 Å². The van der Waals surface area contributed by atoms with Crippen molar-refractivity contribution < 1.29 is 0 Å². The number of rotatable bonds is 5. The van der Waals surface area contributed by atoms with Crippen molar-refractivity contribution in [1.29, 1.82) is 0 Å². The second-order valence-electron chi connectivity index (χ2n) is 5.39. The normalized spacial score (nSPS) is 11.9. The molecule has 1 atom stereocenters. The van der Waals surface area contributed by atoms with Crippen LogP contribution in [0.4, 0.5) is 5.95 Å². The molecule has 5 nitrogen and oxygen atoms in total. The third-order valence-corrected chi connectivity index (χ3v) is 3.63. The van der Waals surface area contributed by atoms with Gasteiger partial charge < -0.3 is 5.32 Å². The fourth-order valence-corrected chi connectivity index (χ4v) is 2.36. The molecule has 23 heavy (non-hydrogen) atoms. The van der Waals surface area contributed by atoms with Crippen molar-refractivity contribution in [2.45, 2.75) is 19.4 Å². The van der Waals surface area contributed by atoms with Gasteiger partial charge in [-0.1, -0.05) is 60.7 Å². The van der Waals surface area contributed by atoms with E-state index in [0.717, 1.165) is 11.1 Å². The highest BCUT2D eigenvalue weighted by molar-refractivity contribution is 5.30. The summed E-state index contributed by atoms with van der Waals surface area (Å²) in [5.41, 5.74) is 2.34. The number of hydrogen-bond acceptors (Lipinski definition) is 4. The molecule has 0 saturated carbocycles. The first-order valence-corrected chi connectivity index (χ1v) is 7.53. The molecule has 0 saturated heterocycles. The summed E-state index contributed by atoms with van der Waals surface area (Å²) in [6.45, 7) is 2.01. The summed E-state index contributed by atoms with van der Waals surface area (Å²) in [5.74, 6) is 0.378. The van der Waals surface area contributed by atoms with Gasteiger partial charge in [0.15, 0.2) is 0 Å². The fraction of sp³-hybridized carbons (Fsp3) is 0.167. The lowest BCUT2D eigenvalue weighted by atomic mass is 10.1. The zero-order valence-electron chi connectivity index (χ0n) is 12.9. The van der Waals surface area contributed by atoms with E-state index in [9.17, 15) is 4.79 Å². The van der Waals surface area contributed by atoms with E-state index in [2.05, 4.69) is 20.5 Å². The van der Waals surface area contributed by atoms with Crippen molar-refractivity contribution in [2.75, 3.05) is 5.32 Å². The molecule has 2 N–H and O–H groups in total. The molecule has 0 aliphatic rings. The minimum absolute atomic E-state index is 0.0288. The van der Waals surface area contributed by atoms with Crippen LogP contribution in [0, 0.1) is 0 Å². The molecular weight excluding hydrogens is 288 g/mol. The summed E-state index contributed by atoms with van der Waals surface area (Å²) in [5, 5.41) is 11.3. The van der Waals surface area contributed by atoms with Gasteiger partial charge in [0.1, 0.15) is 5.69 Å². The number of aromatic amines is 1. The molecule has 3 aromatic rings. The summed E-state index contributed by atoms with van der Waals surface area (Å²) in [7, 11) is 0. The lowest BCUT2D eigenvalue weighted by Gasteiger charge is -2.14. The number of aromatic nitrogens is 3. The molecule has 3 rings (SSSR count). The molecule has 0 aliphatic heterocycles. The SMILES string of the molecule is C[C@@H](Nc1nnc(Cc2ccccc2)c(=O)[nH]1)c1ccccc1. The molecule has 5 heteroatoms. The van der Waals surface area contributed by atoms with Gasteiger partial charge in [-0.2, -0.15) is 0 Å². The standard InChI is InChI=1S/C18H18N4O/c1-13(15-10-6-3-7-11-15)19-18-20-17(23)16(21-22-18)12-14-8-4-2-5-9-14/h2-11,13H,12H2,1H3,(H2,19,20,22,23)/t13-/m1/s1. The number of H-pyrrole nitrogens is 1. The van der Waals surface area contributed by atoms with Gasteiger partial charge in [-0.3, -0.25) is 9.78 Å². The Labute approximate surface area is 134 Å². The Morgan fingerprint density at radius 2 is 1.65 bits per heavy atom. The Morgan fingerprint density at radius 1 is 1.00 bits per heavy atom. The van der Waals surface area contributed by atoms with Gasteiger partial charge >= 0.3 is 0 Å². The summed E-state index contributed by atoms with van der Waals surface area (Å²) in [4.78, 5) is 14.9. The lowest BCUT2D eigenvalue weighted by Crippen LogP contribution is -2.21. The number of benzene rings is 2. The lowest BCUT2D eigenvalue weighted by molar-refractivity contribution is 0.811. The van der Waals surface area contributed by atoms with Crippen LogP contribution in [0.2, 0.25) is 0 Å². The molecule has 0 fully saturated rings. The first-order chi connectivity index (χ1) is 11.2. The maximum absolute atomic E-state index is 12.2. The molecule has 0 unspecified atom stereocenters. The van der Waals surface area contributed by atoms with Gasteiger partial charge in [0.25, 0.3) is 5.56 Å². The van der Waals surface area contributed by atoms with Crippen LogP contribution in [-0.2, 0) is 6.42 Å². The highest BCUT2D eigenvalue weighted by Crippen LogP contribution is 2.15. The maximum atomic E-state index is 12.2. The van der Waals surface area contributed by atoms with Crippen molar-refractivity contribution in [3.8, 4) is 0 Å². The van der Waals surface area contributed by atoms with E-state index in [1.54, 1.807) is 0 Å². The average Bonchev–Trinajstić information content (AvgIpc) is 2.59. The predicted octanol–water partition coefficient (Wildman–Crippen LogP) is 2.93. The Morgan fingerprint density at radius 3 is 2.30 bits per heavy atom. The Hall–Kier alpha value is -2.95. The van der Waals surface area contributed by atoms with Gasteiger partial charge in [0.2, 0.25) is 5.95 Å². The molecule has 0 spiro atoms. The van der Waals surface area contributed by atoms with Crippen LogP contribution in [0.3, 0.4) is 0 Å². The van der Waals surface area contributed by atoms with E-state index >= 15 is 0 Å². The number of nitrogens with zero attached hydrogens (tertiary/aromatic N) is 2. The van der Waals surface area contributed by atoms with Gasteiger partial charge in [-0.05, 0) is 18.1 Å². The zero-order valence-corrected chi connectivity index (χ0v) is 12.9. The van der Waals surface area contributed by atoms with Gasteiger partial charge in [0, 0.05) is 6.42 Å². The second kappa shape index (κ2) is 6.87. The fourth-order valence-electron chi connectivity index (χ4n) is 2.36. The van der Waals surface area contributed by atoms with Crippen LogP contribution in [0.15, 0.2) is 65.5 Å². The highest BCUT2D eigenvalue weighted by atomic mass is 16.1. The number of nitrogens with one attached hydrogen (secondary N) is 2. The summed E-state index contributed by atoms with van der Waals surface area (Å²) < 4.78 is 0. The van der Waals surface area contributed by atoms with Gasteiger partial charge in [-0.25, -0.2) is 0 Å². The summed E-state index contributed by atoms with van der Waals surface area (Å²) in [6.07, 6.45) is 0.470. The predicted molar refractivity (Wildman–Crippen MR) is 90.4 cm³/mol. The van der Waals surface area contributed by atoms with Crippen molar-refractivity contribution in [1.82, 2.24) is 15.2 Å². The summed E-state index contributed by atoms with van der Waals surface area (Å²) >= 11 is 0. The van der Waals surface area contributed by atoms with Crippen molar-refractivity contribution >= 4 is 5.95 Å². The molecule has 0 aliphatic carbocycles. The number of hydrogen-bond donors (Lipinski definition) is 2. The Bertz CT molecular complexity index is 815. The van der Waals surface area contributed by atoms with E-state index in [4.69, 9.17) is 0 Å². The topological polar surface area (TPSA) is 70.7 Å². The third-order valence-electron chi connectivity index (χ3n) is 3.63. The van der Waals surface area contributed by atoms with Crippen LogP contribution >= 0.6 is 0 Å². The minimum Gasteiger partial charge on any atom is -0.348 e. The third kappa shape index (κ3) is 3.83. The monoisotopic (exact) mass is 306 g/mol. The molecule has 1 aromatic heterocycles. The van der Waals surface area contributed by atoms with Crippen molar-refractivity contribution in [3.63, 3.8) is 0 Å². The molecule has 0 radical (unpaired) electrons. The molecule has 1 heterocycles. The van der Waals surface area contributed by atoms with Crippen molar-refractivity contribution in [3.05, 3.63) is 87.8 Å². The largest absolute Gasteiger partial charge is 0.348 e. The van der Waals surface area contributed by atoms with Crippen LogP contribution < -0.4 is 10.9 Å². The maximum Gasteiger partial charge on any atom is 0.274 e. The minimum atomic E-state index is -0.216. The molecule has 0 bridgehead atoms. The van der Waals surface area contributed by atoms with E-state index in [-0.39, 0.29) is 11.6 Å². The average molecular weight is 306 g/mol. The van der Waals surface area contributed by atoms with Gasteiger partial charge in [0.05, 0.1) is 6.04 Å². The second-order valence-corrected chi connectivity index (χ2v) is 5.39. The molecule has 116 valence electrons. The Balaban J connectivity index is 1.73. The van der Waals surface area contributed by atoms with E-state index < -0.39 is 0 Å². The number of anilines is 1. The van der Waals surface area contributed by atoms with E-state index in [1.165, 1.54) is 0 Å². The van der Waals surface area contributed by atoms with Gasteiger partial charge in [-0.15, -0.1) is 10.2 Å². The quantitative estimate of drug-likeness (QED) is 0.760. The smallest absolute Gasteiger partial charge is 0.274 e. The summed E-state index contributed by atoms with van der Waals surface area (Å²) in [6, 6.07) is 19.7. The highest BCUT2D eigenvalue weighted by Gasteiger charge is 2.09. The van der Waals surface area contributed by atoms with Crippen LogP contribution in [0.25, 0.3) is 0 Å². The first-order valence-electron chi connectivity index (χ1n) is 7.53. The first kappa shape index (κ1) is 15.0. The molecule has 2 aromatic carbocycles. The molecule has 0 amide bonds. The Kier molecular flexibility index (Phi) is 4.47. The zero-order chi connectivity index (χ0) is 16.1. The van der Waals surface area contributed by atoms with Crippen LogP contribution in [0.1, 0.15) is 29.8 Å². The van der Waals surface area contributed by atoms with Crippen molar-refractivity contribution in [2.24, 2.45) is 0 Å². The van der Waals surface area contributed by atoms with Crippen LogP contribution in [0.5, 0.6) is 0 Å². The molecular formula is C18H18N4O. The van der Waals surface area contributed by atoms with E-state index in [0.29, 0.717) is 18.1 Å². The van der Waals surface area contributed by atoms with Crippen LogP contribution in [-0.4, -0.2) is 15.2 Å².